The Labute approximate surface area is 147 Å². The zero-order valence-electron chi connectivity index (χ0n) is 14.4. The Hall–Kier alpha value is -2.27. The van der Waals surface area contributed by atoms with Crippen LogP contribution in [0.15, 0.2) is 41.3 Å². The molecule has 2 rings (SSSR count). The van der Waals surface area contributed by atoms with Crippen LogP contribution >= 0.6 is 11.8 Å². The van der Waals surface area contributed by atoms with Gasteiger partial charge in [-0.25, -0.2) is 0 Å². The van der Waals surface area contributed by atoms with E-state index in [1.165, 1.54) is 28.5 Å². The third-order valence-electron chi connectivity index (χ3n) is 3.59. The Bertz CT molecular complexity index is 749. The molecule has 0 saturated heterocycles. The molecule has 126 valence electrons. The van der Waals surface area contributed by atoms with Crippen LogP contribution in [0.2, 0.25) is 0 Å². The molecule has 2 N–H and O–H groups in total. The van der Waals surface area contributed by atoms with Crippen LogP contribution in [0.1, 0.15) is 27.0 Å². The topological polar surface area (TPSA) is 58.2 Å². The van der Waals surface area contributed by atoms with Gasteiger partial charge in [-0.3, -0.25) is 9.59 Å². The lowest BCUT2D eigenvalue weighted by Gasteiger charge is -2.11. The summed E-state index contributed by atoms with van der Waals surface area (Å²) in [6, 6.07) is 11.2. The minimum absolute atomic E-state index is 0.0894. The summed E-state index contributed by atoms with van der Waals surface area (Å²) >= 11 is 1.53. The van der Waals surface area contributed by atoms with E-state index >= 15 is 0 Å². The van der Waals surface area contributed by atoms with Crippen molar-refractivity contribution < 1.29 is 9.59 Å². The molecule has 0 unspecified atom stereocenters. The highest BCUT2D eigenvalue weighted by molar-refractivity contribution is 8.00. The zero-order valence-corrected chi connectivity index (χ0v) is 15.2. The number of hydrogen-bond acceptors (Lipinski definition) is 3. The molecule has 4 nitrogen and oxygen atoms in total. The van der Waals surface area contributed by atoms with Crippen molar-refractivity contribution in [3.8, 4) is 0 Å². The summed E-state index contributed by atoms with van der Waals surface area (Å²) in [5.74, 6) is 0.0643. The largest absolute Gasteiger partial charge is 0.355 e. The molecular weight excluding hydrogens is 320 g/mol. The third kappa shape index (κ3) is 4.61. The number of thioether (sulfide) groups is 1. The molecule has 0 radical (unpaired) electrons. The van der Waals surface area contributed by atoms with E-state index in [-0.39, 0.29) is 11.8 Å². The standard InChI is InChI=1S/C19H22N2O2S/c1-12-8-13(2)18(14(3)9-12)24-11-17(22)21-16-7-5-6-15(10-16)19(23)20-4/h5-10H,11H2,1-4H3,(H,20,23)(H,21,22). The van der Waals surface area contributed by atoms with E-state index in [0.717, 1.165) is 4.90 Å². The van der Waals surface area contributed by atoms with Crippen molar-refractivity contribution in [3.63, 3.8) is 0 Å². The number of amides is 2. The van der Waals surface area contributed by atoms with Gasteiger partial charge in [-0.15, -0.1) is 11.8 Å². The minimum Gasteiger partial charge on any atom is -0.355 e. The molecule has 24 heavy (non-hydrogen) atoms. The van der Waals surface area contributed by atoms with Gasteiger partial charge in [0.25, 0.3) is 5.91 Å². The smallest absolute Gasteiger partial charge is 0.251 e. The quantitative estimate of drug-likeness (QED) is 0.815. The summed E-state index contributed by atoms with van der Waals surface area (Å²) in [5, 5.41) is 5.41. The number of carbonyl (C=O) groups is 2. The van der Waals surface area contributed by atoms with Gasteiger partial charge in [-0.1, -0.05) is 23.8 Å². The van der Waals surface area contributed by atoms with Gasteiger partial charge in [0, 0.05) is 23.2 Å². The second kappa shape index (κ2) is 8.02. The van der Waals surface area contributed by atoms with Gasteiger partial charge >= 0.3 is 0 Å². The predicted molar refractivity (Wildman–Crippen MR) is 99.8 cm³/mol. The first-order valence-electron chi connectivity index (χ1n) is 7.73. The Balaban J connectivity index is 2.01. The van der Waals surface area contributed by atoms with Crippen LogP contribution < -0.4 is 10.6 Å². The number of rotatable bonds is 5. The van der Waals surface area contributed by atoms with Crippen molar-refractivity contribution in [1.29, 1.82) is 0 Å². The van der Waals surface area contributed by atoms with Crippen LogP contribution in [0.3, 0.4) is 0 Å². The SMILES string of the molecule is CNC(=O)c1cccc(NC(=O)CSc2c(C)cc(C)cc2C)c1. The fourth-order valence-electron chi connectivity index (χ4n) is 2.61. The molecular formula is C19H22N2O2S. The number of benzene rings is 2. The highest BCUT2D eigenvalue weighted by atomic mass is 32.2. The maximum Gasteiger partial charge on any atom is 0.251 e. The van der Waals surface area contributed by atoms with Crippen LogP contribution in [0.25, 0.3) is 0 Å². The Morgan fingerprint density at radius 3 is 2.33 bits per heavy atom. The van der Waals surface area contributed by atoms with Crippen LogP contribution in [0.5, 0.6) is 0 Å². The number of carbonyl (C=O) groups excluding carboxylic acids is 2. The number of hydrogen-bond donors (Lipinski definition) is 2. The molecule has 2 amide bonds. The number of nitrogens with one attached hydrogen (secondary N) is 2. The molecule has 0 aliphatic rings. The molecule has 0 bridgehead atoms. The second-order valence-electron chi connectivity index (χ2n) is 5.72. The van der Waals surface area contributed by atoms with E-state index < -0.39 is 0 Å². The lowest BCUT2D eigenvalue weighted by Crippen LogP contribution is -2.19. The molecule has 2 aromatic carbocycles. The summed E-state index contributed by atoms with van der Waals surface area (Å²) in [5.41, 5.74) is 4.75. The maximum absolute atomic E-state index is 12.2. The molecule has 0 aromatic heterocycles. The van der Waals surface area contributed by atoms with Crippen LogP contribution in [0, 0.1) is 20.8 Å². The van der Waals surface area contributed by atoms with E-state index in [4.69, 9.17) is 0 Å². The van der Waals surface area contributed by atoms with E-state index in [1.807, 2.05) is 0 Å². The van der Waals surface area contributed by atoms with Gasteiger partial charge in [-0.2, -0.15) is 0 Å². The highest BCUT2D eigenvalue weighted by Crippen LogP contribution is 2.27. The van der Waals surface area contributed by atoms with Gasteiger partial charge in [0.2, 0.25) is 5.91 Å². The van der Waals surface area contributed by atoms with Crippen molar-refractivity contribution in [2.24, 2.45) is 0 Å². The van der Waals surface area contributed by atoms with Gasteiger partial charge in [0.15, 0.2) is 0 Å². The summed E-state index contributed by atoms with van der Waals surface area (Å²) in [4.78, 5) is 25.0. The molecule has 0 aliphatic carbocycles. The molecule has 0 heterocycles. The molecule has 0 atom stereocenters. The van der Waals surface area contributed by atoms with Gasteiger partial charge in [0.05, 0.1) is 5.75 Å². The first kappa shape index (κ1) is 18.1. The summed E-state index contributed by atoms with van der Waals surface area (Å²) in [6.07, 6.45) is 0. The van der Waals surface area contributed by atoms with E-state index in [0.29, 0.717) is 17.0 Å². The summed E-state index contributed by atoms with van der Waals surface area (Å²) in [6.45, 7) is 6.20. The molecule has 0 saturated carbocycles. The van der Waals surface area contributed by atoms with Crippen molar-refractivity contribution >= 4 is 29.3 Å². The zero-order chi connectivity index (χ0) is 17.7. The predicted octanol–water partition coefficient (Wildman–Crippen LogP) is 3.70. The molecule has 5 heteroatoms. The van der Waals surface area contributed by atoms with Gasteiger partial charge in [-0.05, 0) is 50.1 Å². The van der Waals surface area contributed by atoms with Crippen molar-refractivity contribution in [2.45, 2.75) is 25.7 Å². The lowest BCUT2D eigenvalue weighted by atomic mass is 10.1. The van der Waals surface area contributed by atoms with Crippen LogP contribution in [-0.2, 0) is 4.79 Å². The summed E-state index contributed by atoms with van der Waals surface area (Å²) in [7, 11) is 1.58. The molecule has 0 spiro atoms. The van der Waals surface area contributed by atoms with Crippen molar-refractivity contribution in [3.05, 3.63) is 58.7 Å². The molecule has 0 aliphatic heterocycles. The van der Waals surface area contributed by atoms with Crippen molar-refractivity contribution in [1.82, 2.24) is 5.32 Å². The normalized spacial score (nSPS) is 10.3. The Morgan fingerprint density at radius 2 is 1.71 bits per heavy atom. The summed E-state index contributed by atoms with van der Waals surface area (Å²) < 4.78 is 0. The average Bonchev–Trinajstić information content (AvgIpc) is 2.53. The first-order chi connectivity index (χ1) is 11.4. The van der Waals surface area contributed by atoms with E-state index in [2.05, 4.69) is 43.5 Å². The van der Waals surface area contributed by atoms with Gasteiger partial charge < -0.3 is 10.6 Å². The lowest BCUT2D eigenvalue weighted by molar-refractivity contribution is -0.113. The van der Waals surface area contributed by atoms with Gasteiger partial charge in [0.1, 0.15) is 0 Å². The van der Waals surface area contributed by atoms with Crippen LogP contribution in [-0.4, -0.2) is 24.6 Å². The monoisotopic (exact) mass is 342 g/mol. The number of aryl methyl sites for hydroxylation is 3. The van der Waals surface area contributed by atoms with E-state index in [1.54, 1.807) is 31.3 Å². The fraction of sp³-hybridized carbons (Fsp3) is 0.263. The molecule has 2 aromatic rings. The van der Waals surface area contributed by atoms with Crippen LogP contribution in [0.4, 0.5) is 5.69 Å². The van der Waals surface area contributed by atoms with Crippen molar-refractivity contribution in [2.75, 3.05) is 18.1 Å². The minimum atomic E-state index is -0.175. The third-order valence-corrected chi connectivity index (χ3v) is 4.93. The fourth-order valence-corrected chi connectivity index (χ4v) is 3.53. The second-order valence-corrected chi connectivity index (χ2v) is 6.71. The van der Waals surface area contributed by atoms with E-state index in [9.17, 15) is 9.59 Å². The molecule has 0 fully saturated rings. The first-order valence-corrected chi connectivity index (χ1v) is 8.72. The number of anilines is 1. The maximum atomic E-state index is 12.2. The average molecular weight is 342 g/mol. The Kier molecular flexibility index (Phi) is 6.04. The Morgan fingerprint density at radius 1 is 1.04 bits per heavy atom. The highest BCUT2D eigenvalue weighted by Gasteiger charge is 2.10.